The molecule has 0 heterocycles. The third-order valence-corrected chi connectivity index (χ3v) is 3.44. The Balaban J connectivity index is 2.41. The number of methoxy groups -OCH3 is 1. The predicted molar refractivity (Wildman–Crippen MR) is 84.6 cm³/mol. The van der Waals surface area contributed by atoms with Crippen LogP contribution in [0.5, 0.6) is 11.5 Å². The highest BCUT2D eigenvalue weighted by molar-refractivity contribution is 5.46. The van der Waals surface area contributed by atoms with Gasteiger partial charge in [-0.3, -0.25) is 0 Å². The van der Waals surface area contributed by atoms with Gasteiger partial charge in [-0.15, -0.1) is 0 Å². The van der Waals surface area contributed by atoms with Crippen molar-refractivity contribution in [2.75, 3.05) is 20.3 Å². The predicted octanol–water partition coefficient (Wildman–Crippen LogP) is 3.94. The second kappa shape index (κ2) is 10.6. The third kappa shape index (κ3) is 5.83. The van der Waals surface area contributed by atoms with Gasteiger partial charge in [0.1, 0.15) is 0 Å². The molecular formula is C17H29NO2. The second-order valence-corrected chi connectivity index (χ2v) is 5.10. The summed E-state index contributed by atoms with van der Waals surface area (Å²) < 4.78 is 11.3. The van der Waals surface area contributed by atoms with Gasteiger partial charge in [-0.1, -0.05) is 51.2 Å². The molecule has 2 N–H and O–H groups in total. The molecular weight excluding hydrogens is 250 g/mol. The molecule has 0 aliphatic carbocycles. The molecule has 3 heteroatoms. The minimum Gasteiger partial charge on any atom is -0.493 e. The lowest BCUT2D eigenvalue weighted by molar-refractivity contribution is 0.282. The Bertz CT molecular complexity index is 366. The maximum absolute atomic E-state index is 5.94. The van der Waals surface area contributed by atoms with Crippen LogP contribution in [0, 0.1) is 0 Å². The second-order valence-electron chi connectivity index (χ2n) is 5.10. The molecule has 20 heavy (non-hydrogen) atoms. The molecule has 0 aliphatic heterocycles. The van der Waals surface area contributed by atoms with Crippen LogP contribution in [0.2, 0.25) is 0 Å². The Labute approximate surface area is 123 Å². The van der Waals surface area contributed by atoms with Crippen molar-refractivity contribution < 1.29 is 9.47 Å². The Morgan fingerprint density at radius 1 is 1.05 bits per heavy atom. The van der Waals surface area contributed by atoms with Crippen molar-refractivity contribution in [2.24, 2.45) is 5.73 Å². The van der Waals surface area contributed by atoms with Gasteiger partial charge < -0.3 is 15.2 Å². The summed E-state index contributed by atoms with van der Waals surface area (Å²) in [6, 6.07) is 5.99. The minimum atomic E-state index is 0.626. The summed E-state index contributed by atoms with van der Waals surface area (Å²) in [5.41, 5.74) is 6.78. The number of rotatable bonds is 11. The molecule has 1 rings (SSSR count). The fraction of sp³-hybridized carbons (Fsp3) is 0.647. The van der Waals surface area contributed by atoms with Crippen molar-refractivity contribution in [3.05, 3.63) is 23.8 Å². The highest BCUT2D eigenvalue weighted by atomic mass is 16.5. The molecule has 0 spiro atoms. The topological polar surface area (TPSA) is 44.5 Å². The van der Waals surface area contributed by atoms with Crippen LogP contribution in [0.1, 0.15) is 51.0 Å². The van der Waals surface area contributed by atoms with E-state index in [0.29, 0.717) is 6.54 Å². The molecule has 0 fully saturated rings. The van der Waals surface area contributed by atoms with Gasteiger partial charge in [0, 0.05) is 0 Å². The van der Waals surface area contributed by atoms with E-state index in [0.717, 1.165) is 36.5 Å². The maximum atomic E-state index is 5.94. The van der Waals surface area contributed by atoms with Crippen LogP contribution in [-0.4, -0.2) is 20.3 Å². The summed E-state index contributed by atoms with van der Waals surface area (Å²) in [6.07, 6.45) is 8.44. The van der Waals surface area contributed by atoms with Crippen molar-refractivity contribution in [1.29, 1.82) is 0 Å². The van der Waals surface area contributed by atoms with Gasteiger partial charge in [0.2, 0.25) is 0 Å². The lowest BCUT2D eigenvalue weighted by Crippen LogP contribution is -2.07. The zero-order chi connectivity index (χ0) is 14.6. The van der Waals surface area contributed by atoms with Crippen LogP contribution in [0.3, 0.4) is 0 Å². The molecule has 0 saturated carbocycles. The fourth-order valence-corrected chi connectivity index (χ4v) is 2.29. The first-order valence-corrected chi connectivity index (χ1v) is 7.82. The van der Waals surface area contributed by atoms with Crippen LogP contribution in [0.4, 0.5) is 0 Å². The number of ether oxygens (including phenoxy) is 2. The Kier molecular flexibility index (Phi) is 8.88. The number of para-hydroxylation sites is 1. The molecule has 114 valence electrons. The lowest BCUT2D eigenvalue weighted by Gasteiger charge is -2.14. The van der Waals surface area contributed by atoms with Crippen molar-refractivity contribution in [3.63, 3.8) is 0 Å². The maximum Gasteiger partial charge on any atom is 0.164 e. The fourth-order valence-electron chi connectivity index (χ4n) is 2.29. The summed E-state index contributed by atoms with van der Waals surface area (Å²) in [5.74, 6) is 1.68. The quantitative estimate of drug-likeness (QED) is 0.624. The van der Waals surface area contributed by atoms with Crippen LogP contribution >= 0.6 is 0 Å². The van der Waals surface area contributed by atoms with E-state index in [1.165, 1.54) is 32.1 Å². The van der Waals surface area contributed by atoms with E-state index in [1.54, 1.807) is 7.11 Å². The van der Waals surface area contributed by atoms with E-state index in [-0.39, 0.29) is 0 Å². The van der Waals surface area contributed by atoms with E-state index < -0.39 is 0 Å². The highest BCUT2D eigenvalue weighted by Gasteiger charge is 2.09. The van der Waals surface area contributed by atoms with E-state index in [4.69, 9.17) is 15.2 Å². The molecule has 0 saturated heterocycles. The first-order chi connectivity index (χ1) is 9.83. The summed E-state index contributed by atoms with van der Waals surface area (Å²) >= 11 is 0. The normalized spacial score (nSPS) is 10.6. The van der Waals surface area contributed by atoms with Crippen LogP contribution < -0.4 is 15.2 Å². The van der Waals surface area contributed by atoms with E-state index in [1.807, 2.05) is 12.1 Å². The SMILES string of the molecule is CCCCCCCCOc1c(CCN)cccc1OC. The lowest BCUT2D eigenvalue weighted by atomic mass is 10.1. The summed E-state index contributed by atoms with van der Waals surface area (Å²) in [7, 11) is 1.68. The minimum absolute atomic E-state index is 0.626. The average molecular weight is 279 g/mol. The molecule has 0 bridgehead atoms. The number of nitrogens with two attached hydrogens (primary N) is 1. The first kappa shape index (κ1) is 16.8. The van der Waals surface area contributed by atoms with E-state index >= 15 is 0 Å². The smallest absolute Gasteiger partial charge is 0.164 e. The van der Waals surface area contributed by atoms with Gasteiger partial charge in [-0.25, -0.2) is 0 Å². The van der Waals surface area contributed by atoms with Crippen molar-refractivity contribution in [1.82, 2.24) is 0 Å². The van der Waals surface area contributed by atoms with E-state index in [9.17, 15) is 0 Å². The molecule has 0 atom stereocenters. The summed E-state index contributed by atoms with van der Waals surface area (Å²) in [5, 5.41) is 0. The van der Waals surface area contributed by atoms with Crippen molar-refractivity contribution in [3.8, 4) is 11.5 Å². The van der Waals surface area contributed by atoms with Gasteiger partial charge in [0.15, 0.2) is 11.5 Å². The molecule has 0 radical (unpaired) electrons. The van der Waals surface area contributed by atoms with Crippen LogP contribution in [0.25, 0.3) is 0 Å². The number of hydrogen-bond acceptors (Lipinski definition) is 3. The summed E-state index contributed by atoms with van der Waals surface area (Å²) in [6.45, 7) is 3.62. The average Bonchev–Trinajstić information content (AvgIpc) is 2.47. The molecule has 0 aromatic heterocycles. The Hall–Kier alpha value is -1.22. The number of hydrogen-bond donors (Lipinski definition) is 1. The third-order valence-electron chi connectivity index (χ3n) is 3.44. The highest BCUT2D eigenvalue weighted by Crippen LogP contribution is 2.31. The molecule has 0 aliphatic rings. The van der Waals surface area contributed by atoms with Crippen molar-refractivity contribution >= 4 is 0 Å². The summed E-state index contributed by atoms with van der Waals surface area (Å²) in [4.78, 5) is 0. The largest absolute Gasteiger partial charge is 0.493 e. The van der Waals surface area contributed by atoms with E-state index in [2.05, 4.69) is 13.0 Å². The zero-order valence-corrected chi connectivity index (χ0v) is 13.0. The molecule has 0 unspecified atom stereocenters. The standard InChI is InChI=1S/C17H29NO2/c1-3-4-5-6-7-8-14-20-17-15(12-13-18)10-9-11-16(17)19-2/h9-11H,3-8,12-14,18H2,1-2H3. The Morgan fingerprint density at radius 2 is 1.80 bits per heavy atom. The zero-order valence-electron chi connectivity index (χ0n) is 13.0. The molecule has 1 aromatic carbocycles. The van der Waals surface area contributed by atoms with Gasteiger partial charge in [0.05, 0.1) is 13.7 Å². The number of benzene rings is 1. The van der Waals surface area contributed by atoms with Gasteiger partial charge >= 0.3 is 0 Å². The molecule has 1 aromatic rings. The van der Waals surface area contributed by atoms with Crippen LogP contribution in [-0.2, 0) is 6.42 Å². The van der Waals surface area contributed by atoms with Crippen LogP contribution in [0.15, 0.2) is 18.2 Å². The molecule has 0 amide bonds. The first-order valence-electron chi connectivity index (χ1n) is 7.82. The van der Waals surface area contributed by atoms with Gasteiger partial charge in [-0.05, 0) is 31.0 Å². The molecule has 3 nitrogen and oxygen atoms in total. The van der Waals surface area contributed by atoms with Crippen molar-refractivity contribution in [2.45, 2.75) is 51.9 Å². The Morgan fingerprint density at radius 3 is 2.50 bits per heavy atom. The van der Waals surface area contributed by atoms with Gasteiger partial charge in [0.25, 0.3) is 0 Å². The number of unbranched alkanes of at least 4 members (excludes halogenated alkanes) is 5. The monoisotopic (exact) mass is 279 g/mol. The van der Waals surface area contributed by atoms with Gasteiger partial charge in [-0.2, -0.15) is 0 Å².